The lowest BCUT2D eigenvalue weighted by molar-refractivity contribution is 0.340. The fraction of sp³-hybridized carbons (Fsp3) is 0.217. The van der Waals surface area contributed by atoms with E-state index in [4.69, 9.17) is 10.5 Å². The highest BCUT2D eigenvalue weighted by Gasteiger charge is 2.31. The molecule has 3 N–H and O–H groups in total. The third kappa shape index (κ3) is 3.16. The number of nitrogens with zero attached hydrogens (tertiary/aromatic N) is 3. The molecule has 0 saturated heterocycles. The summed E-state index contributed by atoms with van der Waals surface area (Å²) >= 11 is 0. The van der Waals surface area contributed by atoms with Crippen molar-refractivity contribution >= 4 is 22.7 Å². The largest absolute Gasteiger partial charge is 0.494 e. The molecule has 29 heavy (non-hydrogen) atoms. The van der Waals surface area contributed by atoms with Crippen LogP contribution >= 0.6 is 0 Å². The number of hydrogen-bond acceptors (Lipinski definition) is 5. The normalized spacial score (nSPS) is 18.2. The molecular formula is C23H23N5O. The van der Waals surface area contributed by atoms with E-state index in [2.05, 4.69) is 70.0 Å². The molecule has 0 aliphatic carbocycles. The van der Waals surface area contributed by atoms with Crippen molar-refractivity contribution in [3.63, 3.8) is 0 Å². The van der Waals surface area contributed by atoms with Gasteiger partial charge in [-0.1, -0.05) is 54.6 Å². The summed E-state index contributed by atoms with van der Waals surface area (Å²) < 4.78 is 7.50. The van der Waals surface area contributed by atoms with E-state index in [9.17, 15) is 0 Å². The molecule has 2 heterocycles. The van der Waals surface area contributed by atoms with E-state index in [0.717, 1.165) is 12.2 Å². The molecule has 0 bridgehead atoms. The molecule has 146 valence electrons. The van der Waals surface area contributed by atoms with Crippen molar-refractivity contribution in [2.24, 2.45) is 0 Å². The molecule has 2 atom stereocenters. The summed E-state index contributed by atoms with van der Waals surface area (Å²) in [6.45, 7) is 2.65. The molecule has 1 aliphatic rings. The molecular weight excluding hydrogens is 362 g/mol. The van der Waals surface area contributed by atoms with Crippen LogP contribution in [0.3, 0.4) is 0 Å². The molecule has 1 aliphatic heterocycles. The number of hydrogen-bond donors (Lipinski definition) is 2. The quantitative estimate of drug-likeness (QED) is 0.538. The zero-order valence-corrected chi connectivity index (χ0v) is 16.2. The van der Waals surface area contributed by atoms with E-state index in [-0.39, 0.29) is 18.0 Å². The Kier molecular flexibility index (Phi) is 4.31. The van der Waals surface area contributed by atoms with Crippen LogP contribution in [0.25, 0.3) is 10.8 Å². The first-order valence-electron chi connectivity index (χ1n) is 9.92. The number of aromatic nitrogens is 3. The van der Waals surface area contributed by atoms with Crippen LogP contribution in [0.5, 0.6) is 5.75 Å². The number of fused-ring (bicyclic) bond motifs is 2. The van der Waals surface area contributed by atoms with E-state index in [1.54, 1.807) is 0 Å². The fourth-order valence-electron chi connectivity index (χ4n) is 4.18. The van der Waals surface area contributed by atoms with Crippen molar-refractivity contribution in [3.8, 4) is 5.75 Å². The van der Waals surface area contributed by atoms with Crippen LogP contribution in [0.15, 0.2) is 66.7 Å². The Morgan fingerprint density at radius 3 is 2.69 bits per heavy atom. The number of nitrogens with one attached hydrogen (secondary N) is 1. The zero-order valence-electron chi connectivity index (χ0n) is 16.2. The van der Waals surface area contributed by atoms with Crippen LogP contribution in [0.1, 0.15) is 36.6 Å². The van der Waals surface area contributed by atoms with Gasteiger partial charge >= 0.3 is 0 Å². The maximum Gasteiger partial charge on any atom is 0.241 e. The number of rotatable bonds is 4. The van der Waals surface area contributed by atoms with Crippen LogP contribution in [-0.4, -0.2) is 21.4 Å². The summed E-state index contributed by atoms with van der Waals surface area (Å²) in [5.74, 6) is 1.86. The predicted molar refractivity (Wildman–Crippen MR) is 115 cm³/mol. The van der Waals surface area contributed by atoms with E-state index in [1.807, 2.05) is 23.7 Å². The average Bonchev–Trinajstić information content (AvgIpc) is 3.13. The van der Waals surface area contributed by atoms with Gasteiger partial charge in [0.05, 0.1) is 18.7 Å². The Morgan fingerprint density at radius 2 is 1.86 bits per heavy atom. The van der Waals surface area contributed by atoms with Crippen molar-refractivity contribution in [1.82, 2.24) is 14.8 Å². The van der Waals surface area contributed by atoms with Crippen molar-refractivity contribution in [2.75, 3.05) is 17.7 Å². The summed E-state index contributed by atoms with van der Waals surface area (Å²) in [5, 5.41) is 10.4. The minimum atomic E-state index is 0.0405. The van der Waals surface area contributed by atoms with E-state index >= 15 is 0 Å². The third-order valence-electron chi connectivity index (χ3n) is 5.48. The molecule has 0 saturated carbocycles. The molecule has 0 spiro atoms. The lowest BCUT2D eigenvalue weighted by Crippen LogP contribution is -2.28. The van der Waals surface area contributed by atoms with Crippen LogP contribution in [0.2, 0.25) is 0 Å². The SMILES string of the molecule is CCOc1ccc([C@H]2C[C@H](c3cccc4ccccc34)n3nc(N)nc3N2)cc1. The van der Waals surface area contributed by atoms with Crippen LogP contribution in [0, 0.1) is 0 Å². The first-order chi connectivity index (χ1) is 14.2. The first kappa shape index (κ1) is 17.6. The van der Waals surface area contributed by atoms with Gasteiger partial charge in [0, 0.05) is 0 Å². The Morgan fingerprint density at radius 1 is 1.07 bits per heavy atom. The second-order valence-electron chi connectivity index (χ2n) is 7.26. The predicted octanol–water partition coefficient (Wildman–Crippen LogP) is 4.56. The Labute approximate surface area is 169 Å². The fourth-order valence-corrected chi connectivity index (χ4v) is 4.18. The zero-order chi connectivity index (χ0) is 19.8. The maximum absolute atomic E-state index is 5.95. The monoisotopic (exact) mass is 385 g/mol. The number of ether oxygens (including phenoxy) is 1. The molecule has 6 nitrogen and oxygen atoms in total. The van der Waals surface area contributed by atoms with E-state index < -0.39 is 0 Å². The number of nitrogens with two attached hydrogens (primary N) is 1. The highest BCUT2D eigenvalue weighted by molar-refractivity contribution is 5.86. The number of nitrogen functional groups attached to an aromatic ring is 1. The van der Waals surface area contributed by atoms with Crippen molar-refractivity contribution in [3.05, 3.63) is 77.9 Å². The van der Waals surface area contributed by atoms with Gasteiger partial charge < -0.3 is 15.8 Å². The van der Waals surface area contributed by atoms with Gasteiger partial charge in [-0.2, -0.15) is 4.98 Å². The molecule has 3 aromatic carbocycles. The average molecular weight is 385 g/mol. The minimum absolute atomic E-state index is 0.0405. The third-order valence-corrected chi connectivity index (χ3v) is 5.48. The molecule has 0 radical (unpaired) electrons. The minimum Gasteiger partial charge on any atom is -0.494 e. The van der Waals surface area contributed by atoms with Gasteiger partial charge in [0.25, 0.3) is 0 Å². The smallest absolute Gasteiger partial charge is 0.241 e. The first-order valence-corrected chi connectivity index (χ1v) is 9.92. The van der Waals surface area contributed by atoms with Crippen LogP contribution in [-0.2, 0) is 0 Å². The van der Waals surface area contributed by atoms with Gasteiger partial charge in [-0.25, -0.2) is 4.68 Å². The van der Waals surface area contributed by atoms with Crippen molar-refractivity contribution in [1.29, 1.82) is 0 Å². The summed E-state index contributed by atoms with van der Waals surface area (Å²) in [6.07, 6.45) is 0.845. The molecule has 0 fully saturated rings. The second kappa shape index (κ2) is 7.13. The molecule has 4 aromatic rings. The Bertz CT molecular complexity index is 1150. The summed E-state index contributed by atoms with van der Waals surface area (Å²) in [6, 6.07) is 23.3. The number of benzene rings is 3. The lowest BCUT2D eigenvalue weighted by Gasteiger charge is -2.32. The van der Waals surface area contributed by atoms with Crippen LogP contribution in [0.4, 0.5) is 11.9 Å². The summed E-state index contributed by atoms with van der Waals surface area (Å²) in [5.41, 5.74) is 8.36. The molecule has 5 rings (SSSR count). The van der Waals surface area contributed by atoms with Crippen molar-refractivity contribution < 1.29 is 4.74 Å². The lowest BCUT2D eigenvalue weighted by atomic mass is 9.90. The Balaban J connectivity index is 1.57. The molecule has 0 amide bonds. The number of anilines is 2. The molecule has 6 heteroatoms. The van der Waals surface area contributed by atoms with E-state index in [1.165, 1.54) is 21.9 Å². The van der Waals surface area contributed by atoms with Gasteiger partial charge in [0.15, 0.2) is 0 Å². The van der Waals surface area contributed by atoms with Gasteiger partial charge in [-0.05, 0) is 47.4 Å². The van der Waals surface area contributed by atoms with Gasteiger partial charge in [-0.3, -0.25) is 0 Å². The topological polar surface area (TPSA) is 78.0 Å². The highest BCUT2D eigenvalue weighted by Crippen LogP contribution is 2.40. The molecule has 0 unspecified atom stereocenters. The van der Waals surface area contributed by atoms with E-state index in [0.29, 0.717) is 12.6 Å². The van der Waals surface area contributed by atoms with Crippen molar-refractivity contribution in [2.45, 2.75) is 25.4 Å². The summed E-state index contributed by atoms with van der Waals surface area (Å²) in [7, 11) is 0. The van der Waals surface area contributed by atoms with Crippen LogP contribution < -0.4 is 15.8 Å². The van der Waals surface area contributed by atoms with Gasteiger partial charge in [-0.15, -0.1) is 5.10 Å². The molecule has 1 aromatic heterocycles. The second-order valence-corrected chi connectivity index (χ2v) is 7.26. The maximum atomic E-state index is 5.95. The summed E-state index contributed by atoms with van der Waals surface area (Å²) in [4.78, 5) is 4.42. The Hall–Kier alpha value is -3.54. The van der Waals surface area contributed by atoms with Gasteiger partial charge in [0.2, 0.25) is 11.9 Å². The highest BCUT2D eigenvalue weighted by atomic mass is 16.5. The van der Waals surface area contributed by atoms with Gasteiger partial charge in [0.1, 0.15) is 5.75 Å². The standard InChI is InChI=1S/C23H23N5O/c1-2-29-17-12-10-16(11-13-17)20-14-21(28-23(25-20)26-22(24)27-28)19-9-5-7-15-6-3-4-8-18(15)19/h3-13,20-21H,2,14H2,1H3,(H3,24,25,26,27)/t20-,21-/m1/s1.